The minimum Gasteiger partial charge on any atom is -0.330 e. The number of halogens is 3. The Morgan fingerprint density at radius 1 is 1.21 bits per heavy atom. The molecule has 2 heterocycles. The van der Waals surface area contributed by atoms with Crippen molar-refractivity contribution in [2.45, 2.75) is 63.3 Å². The van der Waals surface area contributed by atoms with Gasteiger partial charge in [-0.25, -0.2) is 9.67 Å². The minimum absolute atomic E-state index is 0.00177. The normalized spacial score (nSPS) is 26.2. The van der Waals surface area contributed by atoms with Crippen molar-refractivity contribution in [2.75, 3.05) is 13.1 Å². The van der Waals surface area contributed by atoms with Gasteiger partial charge in [-0.05, 0) is 38.2 Å². The first-order chi connectivity index (χ1) is 13.3. The van der Waals surface area contributed by atoms with Crippen molar-refractivity contribution in [1.82, 2.24) is 19.7 Å². The van der Waals surface area contributed by atoms with Gasteiger partial charge in [0.25, 0.3) is 5.82 Å². The van der Waals surface area contributed by atoms with Gasteiger partial charge in [0.15, 0.2) is 0 Å². The molecule has 0 atom stereocenters. The van der Waals surface area contributed by atoms with Crippen LogP contribution in [0.3, 0.4) is 0 Å². The Labute approximate surface area is 162 Å². The molecule has 0 radical (unpaired) electrons. The fourth-order valence-corrected chi connectivity index (χ4v) is 4.69. The largest absolute Gasteiger partial charge is 0.453 e. The zero-order valence-electron chi connectivity index (χ0n) is 16.0. The monoisotopic (exact) mass is 393 g/mol. The summed E-state index contributed by atoms with van der Waals surface area (Å²) >= 11 is 0. The van der Waals surface area contributed by atoms with Crippen LogP contribution in [0.4, 0.5) is 13.2 Å². The number of nitrogens with zero attached hydrogens (tertiary/aromatic N) is 4. The van der Waals surface area contributed by atoms with Crippen molar-refractivity contribution in [1.29, 1.82) is 0 Å². The molecule has 4 rings (SSSR count). The summed E-state index contributed by atoms with van der Waals surface area (Å²) in [6, 6.07) is 8.93. The SMILES string of the molecule is Cc1cccc([C@]2(CN)CC[C@H](N3CCn4nc(C(F)(F)F)nc4C3)CC2)c1. The number of nitrogens with two attached hydrogens (primary N) is 1. The van der Waals surface area contributed by atoms with Crippen molar-refractivity contribution in [3.8, 4) is 0 Å². The zero-order valence-corrected chi connectivity index (χ0v) is 16.0. The third-order valence-corrected chi connectivity index (χ3v) is 6.40. The first-order valence-corrected chi connectivity index (χ1v) is 9.83. The first-order valence-electron chi connectivity index (χ1n) is 9.83. The van der Waals surface area contributed by atoms with E-state index in [1.807, 2.05) is 0 Å². The molecule has 5 nitrogen and oxygen atoms in total. The highest BCUT2D eigenvalue weighted by Gasteiger charge is 2.40. The van der Waals surface area contributed by atoms with Crippen LogP contribution in [0.5, 0.6) is 0 Å². The molecule has 28 heavy (non-hydrogen) atoms. The second kappa shape index (κ2) is 7.15. The summed E-state index contributed by atoms with van der Waals surface area (Å²) < 4.78 is 40.0. The van der Waals surface area contributed by atoms with Gasteiger partial charge in [-0.2, -0.15) is 13.2 Å². The molecule has 1 aliphatic heterocycles. The van der Waals surface area contributed by atoms with Crippen LogP contribution in [-0.2, 0) is 24.7 Å². The summed E-state index contributed by atoms with van der Waals surface area (Å²) in [4.78, 5) is 6.00. The number of hydrogen-bond donors (Lipinski definition) is 1. The maximum atomic E-state index is 12.9. The Morgan fingerprint density at radius 2 is 1.96 bits per heavy atom. The van der Waals surface area contributed by atoms with E-state index in [0.29, 0.717) is 38.0 Å². The molecule has 1 aromatic heterocycles. The second-order valence-electron chi connectivity index (χ2n) is 8.13. The van der Waals surface area contributed by atoms with Gasteiger partial charge in [0.2, 0.25) is 0 Å². The van der Waals surface area contributed by atoms with E-state index < -0.39 is 12.0 Å². The first kappa shape index (κ1) is 19.4. The maximum absolute atomic E-state index is 12.9. The lowest BCUT2D eigenvalue weighted by Crippen LogP contribution is -2.47. The van der Waals surface area contributed by atoms with Gasteiger partial charge >= 0.3 is 6.18 Å². The van der Waals surface area contributed by atoms with Crippen molar-refractivity contribution >= 4 is 0 Å². The molecule has 8 heteroatoms. The molecular formula is C20H26F3N5. The fourth-order valence-electron chi connectivity index (χ4n) is 4.69. The number of rotatable bonds is 3. The van der Waals surface area contributed by atoms with Crippen molar-refractivity contribution in [2.24, 2.45) is 5.73 Å². The van der Waals surface area contributed by atoms with Gasteiger partial charge in [0.1, 0.15) is 5.82 Å². The van der Waals surface area contributed by atoms with Crippen LogP contribution in [-0.4, -0.2) is 38.8 Å². The molecule has 0 saturated heterocycles. The number of alkyl halides is 3. The van der Waals surface area contributed by atoms with Crippen molar-refractivity contribution in [3.05, 3.63) is 47.0 Å². The van der Waals surface area contributed by atoms with Crippen molar-refractivity contribution in [3.63, 3.8) is 0 Å². The number of benzene rings is 1. The van der Waals surface area contributed by atoms with E-state index in [4.69, 9.17) is 5.73 Å². The van der Waals surface area contributed by atoms with E-state index in [2.05, 4.69) is 46.2 Å². The Balaban J connectivity index is 1.45. The average molecular weight is 393 g/mol. The number of fused-ring (bicyclic) bond motifs is 1. The van der Waals surface area contributed by atoms with Crippen LogP contribution in [0.25, 0.3) is 0 Å². The fraction of sp³-hybridized carbons (Fsp3) is 0.600. The summed E-state index contributed by atoms with van der Waals surface area (Å²) in [6.07, 6.45) is -0.519. The zero-order chi connectivity index (χ0) is 19.9. The van der Waals surface area contributed by atoms with E-state index in [-0.39, 0.29) is 5.41 Å². The Hall–Kier alpha value is -1.93. The van der Waals surface area contributed by atoms with Crippen LogP contribution in [0.15, 0.2) is 24.3 Å². The summed E-state index contributed by atoms with van der Waals surface area (Å²) in [7, 11) is 0. The molecule has 1 saturated carbocycles. The molecule has 2 aromatic rings. The van der Waals surface area contributed by atoms with Crippen LogP contribution < -0.4 is 5.73 Å². The van der Waals surface area contributed by atoms with Crippen LogP contribution in [0, 0.1) is 6.92 Å². The van der Waals surface area contributed by atoms with Crippen molar-refractivity contribution < 1.29 is 13.2 Å². The molecule has 0 spiro atoms. The molecule has 0 bridgehead atoms. The summed E-state index contributed by atoms with van der Waals surface area (Å²) in [6.45, 7) is 4.30. The smallest absolute Gasteiger partial charge is 0.330 e. The molecule has 1 aliphatic carbocycles. The lowest BCUT2D eigenvalue weighted by atomic mass is 9.67. The van der Waals surface area contributed by atoms with Gasteiger partial charge in [-0.3, -0.25) is 4.90 Å². The molecule has 1 aromatic carbocycles. The van der Waals surface area contributed by atoms with Gasteiger partial charge in [0, 0.05) is 24.5 Å². The predicted octanol–water partition coefficient (Wildman–Crippen LogP) is 3.26. The molecule has 2 aliphatic rings. The summed E-state index contributed by atoms with van der Waals surface area (Å²) in [5.41, 5.74) is 8.76. The quantitative estimate of drug-likeness (QED) is 0.870. The standard InChI is InChI=1S/C20H26F3N5/c1-14-3-2-4-15(11-14)19(13-24)7-5-16(6-8-19)27-9-10-28-17(12-27)25-18(26-28)20(21,22)23/h2-4,11,16H,5-10,12-13,24H2,1H3/t16-,19+. The molecule has 2 N–H and O–H groups in total. The second-order valence-corrected chi connectivity index (χ2v) is 8.13. The lowest BCUT2D eigenvalue weighted by Gasteiger charge is -2.44. The van der Waals surface area contributed by atoms with Crippen LogP contribution in [0.1, 0.15) is 48.5 Å². The van der Waals surface area contributed by atoms with Gasteiger partial charge in [-0.15, -0.1) is 5.10 Å². The topological polar surface area (TPSA) is 60.0 Å². The maximum Gasteiger partial charge on any atom is 0.453 e. The number of hydrogen-bond acceptors (Lipinski definition) is 4. The Kier molecular flexibility index (Phi) is 4.95. The van der Waals surface area contributed by atoms with E-state index in [0.717, 1.165) is 25.7 Å². The van der Waals surface area contributed by atoms with E-state index >= 15 is 0 Å². The lowest BCUT2D eigenvalue weighted by molar-refractivity contribution is -0.145. The van der Waals surface area contributed by atoms with E-state index in [9.17, 15) is 13.2 Å². The molecule has 1 fully saturated rings. The Bertz CT molecular complexity index is 837. The van der Waals surface area contributed by atoms with Crippen LogP contribution in [0.2, 0.25) is 0 Å². The molecule has 152 valence electrons. The Morgan fingerprint density at radius 3 is 2.61 bits per heavy atom. The molecule has 0 unspecified atom stereocenters. The summed E-state index contributed by atoms with van der Waals surface area (Å²) in [5, 5.41) is 3.62. The predicted molar refractivity (Wildman–Crippen MR) is 99.6 cm³/mol. The minimum atomic E-state index is -4.49. The average Bonchev–Trinajstić information content (AvgIpc) is 3.12. The van der Waals surface area contributed by atoms with Gasteiger partial charge in [-0.1, -0.05) is 29.8 Å². The third-order valence-electron chi connectivity index (χ3n) is 6.40. The highest BCUT2D eigenvalue weighted by molar-refractivity contribution is 5.31. The van der Waals surface area contributed by atoms with Gasteiger partial charge in [0.05, 0.1) is 13.1 Å². The highest BCUT2D eigenvalue weighted by atomic mass is 19.4. The third kappa shape index (κ3) is 3.55. The summed E-state index contributed by atoms with van der Waals surface area (Å²) in [5.74, 6) is -0.623. The highest BCUT2D eigenvalue weighted by Crippen LogP contribution is 2.41. The number of aryl methyl sites for hydroxylation is 1. The van der Waals surface area contributed by atoms with Gasteiger partial charge < -0.3 is 5.73 Å². The van der Waals surface area contributed by atoms with E-state index in [1.165, 1.54) is 15.8 Å². The molecular weight excluding hydrogens is 367 g/mol. The van der Waals surface area contributed by atoms with E-state index in [1.54, 1.807) is 0 Å². The molecule has 0 amide bonds. The number of aromatic nitrogens is 3. The van der Waals surface area contributed by atoms with Crippen LogP contribution >= 0.6 is 0 Å².